The molecule has 25 heavy (non-hydrogen) atoms. The molecule has 0 saturated heterocycles. The van der Waals surface area contributed by atoms with Crippen LogP contribution in [0.2, 0.25) is 5.02 Å². The lowest BCUT2D eigenvalue weighted by molar-refractivity contribution is 0.106. The maximum Gasteiger partial charge on any atom is 0.191 e. The molecule has 0 aliphatic carbocycles. The number of nitrogens with one attached hydrogen (secondary N) is 2. The van der Waals surface area contributed by atoms with Gasteiger partial charge >= 0.3 is 0 Å². The minimum Gasteiger partial charge on any atom is -0.375 e. The van der Waals surface area contributed by atoms with Crippen LogP contribution in [0.4, 0.5) is 0 Å². The van der Waals surface area contributed by atoms with Gasteiger partial charge in [-0.2, -0.15) is 0 Å². The zero-order valence-corrected chi connectivity index (χ0v) is 16.5. The Morgan fingerprint density at radius 2 is 2.24 bits per heavy atom. The molecule has 1 unspecified atom stereocenters. The largest absolute Gasteiger partial charge is 0.375 e. The minimum atomic E-state index is -0.0941. The summed E-state index contributed by atoms with van der Waals surface area (Å²) in [6, 6.07) is 7.71. The van der Waals surface area contributed by atoms with Crippen LogP contribution in [0.15, 0.2) is 35.5 Å². The minimum absolute atomic E-state index is 0.0941. The molecule has 0 aliphatic heterocycles. The van der Waals surface area contributed by atoms with Crippen molar-refractivity contribution in [3.8, 4) is 0 Å². The average Bonchev–Trinajstić information content (AvgIpc) is 3.08. The van der Waals surface area contributed by atoms with Crippen molar-refractivity contribution in [1.29, 1.82) is 0 Å². The molecule has 1 atom stereocenters. The van der Waals surface area contributed by atoms with E-state index in [-0.39, 0.29) is 6.10 Å². The van der Waals surface area contributed by atoms with Gasteiger partial charge in [0, 0.05) is 49.8 Å². The van der Waals surface area contributed by atoms with E-state index < -0.39 is 0 Å². The normalized spacial score (nSPS) is 12.9. The van der Waals surface area contributed by atoms with E-state index in [0.29, 0.717) is 11.6 Å². The fourth-order valence-corrected chi connectivity index (χ4v) is 3.43. The molecule has 136 valence electrons. The molecule has 0 spiro atoms. The number of halogens is 1. The topological polar surface area (TPSA) is 58.5 Å². The van der Waals surface area contributed by atoms with Crippen LogP contribution in [0.1, 0.15) is 28.5 Å². The number of aliphatic imine (C=N–C) groups is 1. The second-order valence-corrected chi connectivity index (χ2v) is 7.12. The van der Waals surface area contributed by atoms with Crippen molar-refractivity contribution in [3.05, 3.63) is 50.9 Å². The van der Waals surface area contributed by atoms with Gasteiger partial charge in [-0.15, -0.1) is 11.3 Å². The standard InChI is InChI=1S/C18H25ClN4OS/c1-4-15-11-22-17(25-15)8-9-21-18(20-2)23-12-16(24-3)13-6-5-7-14(19)10-13/h5-7,10-11,16H,4,8-9,12H2,1-3H3,(H2,20,21,23). The summed E-state index contributed by atoms with van der Waals surface area (Å²) in [7, 11) is 3.45. The maximum absolute atomic E-state index is 6.06. The zero-order valence-electron chi connectivity index (χ0n) is 14.9. The lowest BCUT2D eigenvalue weighted by atomic mass is 10.1. The number of benzene rings is 1. The summed E-state index contributed by atoms with van der Waals surface area (Å²) in [6.07, 6.45) is 3.79. The van der Waals surface area contributed by atoms with Gasteiger partial charge in [0.1, 0.15) is 0 Å². The SMILES string of the molecule is CCc1cnc(CCNC(=NC)NCC(OC)c2cccc(Cl)c2)s1. The van der Waals surface area contributed by atoms with Gasteiger partial charge in [0.05, 0.1) is 11.1 Å². The third-order valence-corrected chi connectivity index (χ3v) is 5.20. The van der Waals surface area contributed by atoms with Crippen LogP contribution < -0.4 is 10.6 Å². The van der Waals surface area contributed by atoms with E-state index in [1.54, 1.807) is 25.5 Å². The number of methoxy groups -OCH3 is 1. The zero-order chi connectivity index (χ0) is 18.1. The molecule has 2 rings (SSSR count). The van der Waals surface area contributed by atoms with Crippen LogP contribution in [0, 0.1) is 0 Å². The highest BCUT2D eigenvalue weighted by molar-refractivity contribution is 7.11. The summed E-state index contributed by atoms with van der Waals surface area (Å²) in [5.41, 5.74) is 1.04. The van der Waals surface area contributed by atoms with Crippen molar-refractivity contribution in [2.45, 2.75) is 25.9 Å². The molecule has 0 radical (unpaired) electrons. The maximum atomic E-state index is 6.06. The highest BCUT2D eigenvalue weighted by Gasteiger charge is 2.11. The molecule has 0 amide bonds. The highest BCUT2D eigenvalue weighted by atomic mass is 35.5. The first-order chi connectivity index (χ1) is 12.2. The first kappa shape index (κ1) is 19.7. The summed E-state index contributed by atoms with van der Waals surface area (Å²) in [6.45, 7) is 3.53. The van der Waals surface area contributed by atoms with E-state index >= 15 is 0 Å². The summed E-state index contributed by atoms with van der Waals surface area (Å²) >= 11 is 7.83. The third-order valence-electron chi connectivity index (χ3n) is 3.76. The van der Waals surface area contributed by atoms with Crippen LogP contribution in [0.3, 0.4) is 0 Å². The molecule has 0 aliphatic rings. The van der Waals surface area contributed by atoms with Gasteiger partial charge < -0.3 is 15.4 Å². The highest BCUT2D eigenvalue weighted by Crippen LogP contribution is 2.19. The number of ether oxygens (including phenoxy) is 1. The van der Waals surface area contributed by atoms with E-state index in [9.17, 15) is 0 Å². The van der Waals surface area contributed by atoms with Crippen molar-refractivity contribution in [2.24, 2.45) is 4.99 Å². The molecule has 7 heteroatoms. The molecule has 0 fully saturated rings. The number of aromatic nitrogens is 1. The Morgan fingerprint density at radius 1 is 1.40 bits per heavy atom. The Bertz CT molecular complexity index is 689. The number of rotatable bonds is 8. The Balaban J connectivity index is 1.80. The van der Waals surface area contributed by atoms with Crippen molar-refractivity contribution in [2.75, 3.05) is 27.2 Å². The van der Waals surface area contributed by atoms with Crippen LogP contribution >= 0.6 is 22.9 Å². The fraction of sp³-hybridized carbons (Fsp3) is 0.444. The molecule has 1 heterocycles. The van der Waals surface area contributed by atoms with Gasteiger partial charge in [0.2, 0.25) is 0 Å². The van der Waals surface area contributed by atoms with E-state index in [4.69, 9.17) is 16.3 Å². The van der Waals surface area contributed by atoms with Crippen LogP contribution in [0.5, 0.6) is 0 Å². The predicted octanol–water partition coefficient (Wildman–Crippen LogP) is 3.45. The first-order valence-electron chi connectivity index (χ1n) is 8.32. The molecule has 0 bridgehead atoms. The lowest BCUT2D eigenvalue weighted by Gasteiger charge is -2.19. The van der Waals surface area contributed by atoms with Crippen LogP contribution in [-0.2, 0) is 17.6 Å². The average molecular weight is 381 g/mol. The summed E-state index contributed by atoms with van der Waals surface area (Å²) in [5.74, 6) is 0.747. The van der Waals surface area contributed by atoms with E-state index in [0.717, 1.165) is 35.9 Å². The lowest BCUT2D eigenvalue weighted by Crippen LogP contribution is -2.40. The fourth-order valence-electron chi connectivity index (χ4n) is 2.37. The van der Waals surface area contributed by atoms with Crippen LogP contribution in [-0.4, -0.2) is 38.2 Å². The molecular formula is C18H25ClN4OS. The second kappa shape index (κ2) is 10.4. The summed E-state index contributed by atoms with van der Waals surface area (Å²) < 4.78 is 5.56. The number of hydrogen-bond donors (Lipinski definition) is 2. The van der Waals surface area contributed by atoms with Crippen molar-refractivity contribution < 1.29 is 4.74 Å². The van der Waals surface area contributed by atoms with Crippen molar-refractivity contribution >= 4 is 28.9 Å². The Morgan fingerprint density at radius 3 is 2.88 bits per heavy atom. The van der Waals surface area contributed by atoms with Crippen molar-refractivity contribution in [3.63, 3.8) is 0 Å². The quantitative estimate of drug-likeness (QED) is 0.544. The van der Waals surface area contributed by atoms with Gasteiger partial charge in [0.25, 0.3) is 0 Å². The number of nitrogens with zero attached hydrogens (tertiary/aromatic N) is 2. The van der Waals surface area contributed by atoms with Gasteiger partial charge in [0.15, 0.2) is 5.96 Å². The Hall–Kier alpha value is -1.63. The van der Waals surface area contributed by atoms with Gasteiger partial charge in [-0.3, -0.25) is 4.99 Å². The monoisotopic (exact) mass is 380 g/mol. The molecule has 0 saturated carbocycles. The molecule has 2 N–H and O–H groups in total. The van der Waals surface area contributed by atoms with Gasteiger partial charge in [-0.1, -0.05) is 30.7 Å². The van der Waals surface area contributed by atoms with Crippen molar-refractivity contribution in [1.82, 2.24) is 15.6 Å². The second-order valence-electron chi connectivity index (χ2n) is 5.48. The first-order valence-corrected chi connectivity index (χ1v) is 9.52. The predicted molar refractivity (Wildman–Crippen MR) is 106 cm³/mol. The van der Waals surface area contributed by atoms with E-state index in [1.807, 2.05) is 30.5 Å². The number of hydrogen-bond acceptors (Lipinski definition) is 4. The molecule has 5 nitrogen and oxygen atoms in total. The molecular weight excluding hydrogens is 356 g/mol. The smallest absolute Gasteiger partial charge is 0.191 e. The molecule has 1 aromatic carbocycles. The number of guanidine groups is 1. The summed E-state index contributed by atoms with van der Waals surface area (Å²) in [4.78, 5) is 10.0. The Kier molecular flexibility index (Phi) is 8.18. The number of aryl methyl sites for hydroxylation is 1. The molecule has 1 aromatic heterocycles. The molecule has 2 aromatic rings. The van der Waals surface area contributed by atoms with E-state index in [2.05, 4.69) is 27.5 Å². The van der Waals surface area contributed by atoms with E-state index in [1.165, 1.54) is 4.88 Å². The van der Waals surface area contributed by atoms with Crippen LogP contribution in [0.25, 0.3) is 0 Å². The Labute approximate surface area is 158 Å². The number of thiazole rings is 1. The van der Waals surface area contributed by atoms with Gasteiger partial charge in [-0.25, -0.2) is 4.98 Å². The third kappa shape index (κ3) is 6.30. The van der Waals surface area contributed by atoms with Gasteiger partial charge in [-0.05, 0) is 24.1 Å². The summed E-state index contributed by atoms with van der Waals surface area (Å²) in [5, 5.41) is 8.46.